The highest BCUT2D eigenvalue weighted by molar-refractivity contribution is 5.72. The van der Waals surface area contributed by atoms with Crippen molar-refractivity contribution in [3.63, 3.8) is 0 Å². The molecule has 3 rings (SSSR count). The van der Waals surface area contributed by atoms with Gasteiger partial charge in [0.15, 0.2) is 0 Å². The van der Waals surface area contributed by atoms with Gasteiger partial charge in [-0.15, -0.1) is 0 Å². The van der Waals surface area contributed by atoms with Gasteiger partial charge in [0.2, 0.25) is 0 Å². The lowest BCUT2D eigenvalue weighted by Gasteiger charge is -2.33. The molecule has 0 unspecified atom stereocenters. The lowest BCUT2D eigenvalue weighted by molar-refractivity contribution is -0.157. The summed E-state index contributed by atoms with van der Waals surface area (Å²) in [5.41, 5.74) is 0. The summed E-state index contributed by atoms with van der Waals surface area (Å²) in [6.07, 6.45) is 18.1. The van der Waals surface area contributed by atoms with Gasteiger partial charge in [-0.05, 0) is 76.5 Å². The average molecular weight is 379 g/mol. The van der Waals surface area contributed by atoms with Crippen LogP contribution in [0.3, 0.4) is 0 Å². The van der Waals surface area contributed by atoms with E-state index in [0.29, 0.717) is 0 Å². The first-order valence-electron chi connectivity index (χ1n) is 11.6. The van der Waals surface area contributed by atoms with Gasteiger partial charge in [0.25, 0.3) is 0 Å². The quantitative estimate of drug-likeness (QED) is 0.526. The average Bonchev–Trinajstić information content (AvgIpc) is 2.65. The molecule has 0 radical (unpaired) electrons. The van der Waals surface area contributed by atoms with Crippen molar-refractivity contribution in [3.05, 3.63) is 0 Å². The first kappa shape index (κ1) is 22.4. The Morgan fingerprint density at radius 2 is 1.22 bits per heavy atom. The molecule has 3 fully saturated rings. The van der Waals surface area contributed by atoms with E-state index in [0.717, 1.165) is 43.4 Å². The van der Waals surface area contributed by atoms with Crippen LogP contribution < -0.4 is 0 Å². The van der Waals surface area contributed by atoms with Crippen molar-refractivity contribution in [2.24, 2.45) is 23.7 Å². The molecule has 0 aliphatic heterocycles. The molecule has 0 aromatic heterocycles. The number of carbonyl (C=O) groups excluding carboxylic acids is 2. The van der Waals surface area contributed by atoms with E-state index < -0.39 is 0 Å². The zero-order valence-corrected chi connectivity index (χ0v) is 18.0. The van der Waals surface area contributed by atoms with Crippen molar-refractivity contribution in [1.29, 1.82) is 0 Å². The van der Waals surface area contributed by atoms with E-state index in [1.807, 2.05) is 0 Å². The Kier molecular flexibility index (Phi) is 9.86. The molecule has 0 aromatic rings. The molecular formula is C24H42O3. The lowest BCUT2D eigenvalue weighted by Crippen LogP contribution is -2.29. The summed E-state index contributed by atoms with van der Waals surface area (Å²) in [5.74, 6) is 3.34. The van der Waals surface area contributed by atoms with Crippen LogP contribution in [-0.2, 0) is 14.3 Å². The molecule has 0 saturated heterocycles. The number of ketones is 1. The minimum atomic E-state index is 0.120. The number of carbonyl (C=O) groups is 2. The zero-order chi connectivity index (χ0) is 19.6. The first-order chi connectivity index (χ1) is 12.9. The smallest absolute Gasteiger partial charge is 0.309 e. The van der Waals surface area contributed by atoms with E-state index in [1.165, 1.54) is 78.1 Å². The van der Waals surface area contributed by atoms with Crippen molar-refractivity contribution in [2.75, 3.05) is 0 Å². The largest absolute Gasteiger partial charge is 0.462 e. The maximum atomic E-state index is 12.3. The number of esters is 1. The molecule has 0 bridgehead atoms. The summed E-state index contributed by atoms with van der Waals surface area (Å²) >= 11 is 0. The molecule has 0 spiro atoms. The van der Waals surface area contributed by atoms with Crippen LogP contribution in [-0.4, -0.2) is 17.9 Å². The Labute approximate surface area is 167 Å². The SMILES string of the molecule is CC(C)=O.CC1CCC(CC2CCC(OC(=O)C3CCCCC3)CC2)CC1. The second-order valence-electron chi connectivity index (χ2n) is 9.68. The Hall–Kier alpha value is -0.860. The topological polar surface area (TPSA) is 43.4 Å². The highest BCUT2D eigenvalue weighted by atomic mass is 16.5. The van der Waals surface area contributed by atoms with Gasteiger partial charge in [-0.25, -0.2) is 0 Å². The Morgan fingerprint density at radius 3 is 1.74 bits per heavy atom. The minimum Gasteiger partial charge on any atom is -0.462 e. The molecular weight excluding hydrogens is 336 g/mol. The molecule has 3 aliphatic rings. The van der Waals surface area contributed by atoms with E-state index in [9.17, 15) is 9.59 Å². The molecule has 0 N–H and O–H groups in total. The molecule has 3 aliphatic carbocycles. The van der Waals surface area contributed by atoms with Gasteiger partial charge < -0.3 is 9.53 Å². The molecule has 0 amide bonds. The van der Waals surface area contributed by atoms with E-state index >= 15 is 0 Å². The van der Waals surface area contributed by atoms with Crippen molar-refractivity contribution >= 4 is 11.8 Å². The molecule has 3 heteroatoms. The predicted octanol–water partition coefficient (Wildman–Crippen LogP) is 6.48. The van der Waals surface area contributed by atoms with Crippen molar-refractivity contribution < 1.29 is 14.3 Å². The molecule has 0 atom stereocenters. The van der Waals surface area contributed by atoms with E-state index in [2.05, 4.69) is 6.92 Å². The second-order valence-corrected chi connectivity index (χ2v) is 9.68. The van der Waals surface area contributed by atoms with Crippen LogP contribution in [0.2, 0.25) is 0 Å². The monoisotopic (exact) mass is 378 g/mol. The van der Waals surface area contributed by atoms with Gasteiger partial charge in [-0.3, -0.25) is 4.79 Å². The summed E-state index contributed by atoms with van der Waals surface area (Å²) in [6, 6.07) is 0. The number of rotatable bonds is 4. The van der Waals surface area contributed by atoms with Crippen molar-refractivity contribution in [2.45, 2.75) is 117 Å². The lowest BCUT2D eigenvalue weighted by atomic mass is 9.75. The number of Topliss-reactive ketones (excluding diaryl/α,β-unsaturated/α-hetero) is 1. The zero-order valence-electron chi connectivity index (χ0n) is 18.0. The summed E-state index contributed by atoms with van der Waals surface area (Å²) in [6.45, 7) is 5.46. The fourth-order valence-corrected chi connectivity index (χ4v) is 5.12. The highest BCUT2D eigenvalue weighted by Gasteiger charge is 2.29. The van der Waals surface area contributed by atoms with Crippen LogP contribution in [0.4, 0.5) is 0 Å². The first-order valence-corrected chi connectivity index (χ1v) is 11.6. The predicted molar refractivity (Wildman–Crippen MR) is 111 cm³/mol. The molecule has 156 valence electrons. The van der Waals surface area contributed by atoms with Gasteiger partial charge in [0.1, 0.15) is 11.9 Å². The number of hydrogen-bond donors (Lipinski definition) is 0. The molecule has 0 heterocycles. The standard InChI is InChI=1S/C21H36O2.C3H6O/c1-16-7-9-17(10-8-16)15-18-11-13-20(14-12-18)23-21(22)19-5-3-2-4-6-19;1-3(2)4/h16-20H,2-15H2,1H3;1-2H3. The van der Waals surface area contributed by atoms with Crippen molar-refractivity contribution in [1.82, 2.24) is 0 Å². The van der Waals surface area contributed by atoms with Gasteiger partial charge in [0.05, 0.1) is 5.92 Å². The van der Waals surface area contributed by atoms with Crippen molar-refractivity contribution in [3.8, 4) is 0 Å². The van der Waals surface area contributed by atoms with Gasteiger partial charge in [0, 0.05) is 0 Å². The van der Waals surface area contributed by atoms with Crippen LogP contribution >= 0.6 is 0 Å². The van der Waals surface area contributed by atoms with E-state index in [-0.39, 0.29) is 23.8 Å². The maximum Gasteiger partial charge on any atom is 0.309 e. The van der Waals surface area contributed by atoms with E-state index in [4.69, 9.17) is 4.74 Å². The summed E-state index contributed by atoms with van der Waals surface area (Å²) in [4.78, 5) is 21.7. The Morgan fingerprint density at radius 1 is 0.741 bits per heavy atom. The fraction of sp³-hybridized carbons (Fsp3) is 0.917. The fourth-order valence-electron chi connectivity index (χ4n) is 5.12. The van der Waals surface area contributed by atoms with Crippen LogP contribution in [0.25, 0.3) is 0 Å². The number of hydrogen-bond acceptors (Lipinski definition) is 3. The van der Waals surface area contributed by atoms with E-state index in [1.54, 1.807) is 0 Å². The maximum absolute atomic E-state index is 12.3. The molecule has 3 nitrogen and oxygen atoms in total. The molecule has 27 heavy (non-hydrogen) atoms. The van der Waals surface area contributed by atoms with Crippen LogP contribution in [0.5, 0.6) is 0 Å². The van der Waals surface area contributed by atoms with Crippen LogP contribution in [0, 0.1) is 23.7 Å². The minimum absolute atomic E-state index is 0.120. The summed E-state index contributed by atoms with van der Waals surface area (Å²) in [7, 11) is 0. The summed E-state index contributed by atoms with van der Waals surface area (Å²) < 4.78 is 5.84. The van der Waals surface area contributed by atoms with Gasteiger partial charge in [-0.1, -0.05) is 51.9 Å². The third-order valence-electron chi connectivity index (χ3n) is 6.82. The van der Waals surface area contributed by atoms with Gasteiger partial charge >= 0.3 is 5.97 Å². The van der Waals surface area contributed by atoms with Crippen LogP contribution in [0.1, 0.15) is 111 Å². The van der Waals surface area contributed by atoms with Gasteiger partial charge in [-0.2, -0.15) is 0 Å². The second kappa shape index (κ2) is 11.9. The molecule has 3 saturated carbocycles. The Bertz CT molecular complexity index is 433. The van der Waals surface area contributed by atoms with Crippen LogP contribution in [0.15, 0.2) is 0 Å². The summed E-state index contributed by atoms with van der Waals surface area (Å²) in [5, 5.41) is 0. The number of ether oxygens (including phenoxy) is 1. The third-order valence-corrected chi connectivity index (χ3v) is 6.82. The Balaban J connectivity index is 0.000000596. The highest BCUT2D eigenvalue weighted by Crippen LogP contribution is 2.37. The molecule has 0 aromatic carbocycles. The normalized spacial score (nSPS) is 32.1. The third kappa shape index (κ3) is 8.79.